The molecule has 0 radical (unpaired) electrons. The van der Waals surface area contributed by atoms with Gasteiger partial charge in [0.25, 0.3) is 0 Å². The van der Waals surface area contributed by atoms with Crippen molar-refractivity contribution in [3.8, 4) is 0 Å². The van der Waals surface area contributed by atoms with E-state index in [0.717, 1.165) is 12.8 Å². The molecule has 0 aliphatic carbocycles. The highest BCUT2D eigenvalue weighted by Gasteiger charge is 2.00. The third-order valence-corrected chi connectivity index (χ3v) is 2.64. The summed E-state index contributed by atoms with van der Waals surface area (Å²) in [6.07, 6.45) is 6.49. The first-order valence-corrected chi connectivity index (χ1v) is 7.30. The Morgan fingerprint density at radius 3 is 1.80 bits per heavy atom. The van der Waals surface area contributed by atoms with E-state index in [-0.39, 0.29) is 12.4 Å². The Labute approximate surface area is 93.9 Å². The molecule has 3 N–H and O–H groups in total. The minimum Gasteiger partial charge on any atom is -0.397 e. The van der Waals surface area contributed by atoms with Crippen molar-refractivity contribution in [2.45, 2.75) is 52.4 Å². The molecule has 0 unspecified atom stereocenters. The lowest BCUT2D eigenvalue weighted by Gasteiger charge is -1.98. The lowest BCUT2D eigenvalue weighted by atomic mass is 10.1. The first-order chi connectivity index (χ1) is 6.97. The highest BCUT2D eigenvalue weighted by atomic mass is 32.2. The SMILES string of the molecule is CCCCCCCCS(N)(=O)=O.CCO. The molecule has 0 amide bonds. The molecule has 0 aliphatic rings. The van der Waals surface area contributed by atoms with Crippen LogP contribution >= 0.6 is 0 Å². The van der Waals surface area contributed by atoms with Crippen molar-refractivity contribution < 1.29 is 13.5 Å². The summed E-state index contributed by atoms with van der Waals surface area (Å²) in [6, 6.07) is 0. The van der Waals surface area contributed by atoms with Gasteiger partial charge in [0, 0.05) is 6.61 Å². The van der Waals surface area contributed by atoms with Gasteiger partial charge in [-0.2, -0.15) is 0 Å². The molecule has 5 heteroatoms. The number of aliphatic hydroxyl groups is 1. The first kappa shape index (κ1) is 17.3. The Bertz CT molecular complexity index is 203. The number of sulfonamides is 1. The van der Waals surface area contributed by atoms with Crippen LogP contribution < -0.4 is 5.14 Å². The summed E-state index contributed by atoms with van der Waals surface area (Å²) in [5, 5.41) is 12.4. The van der Waals surface area contributed by atoms with Crippen LogP contribution in [0.2, 0.25) is 0 Å². The second kappa shape index (κ2) is 11.9. The predicted molar refractivity (Wildman–Crippen MR) is 64.1 cm³/mol. The van der Waals surface area contributed by atoms with Gasteiger partial charge in [0.1, 0.15) is 0 Å². The fourth-order valence-electron chi connectivity index (χ4n) is 1.08. The van der Waals surface area contributed by atoms with Crippen LogP contribution in [-0.2, 0) is 10.0 Å². The van der Waals surface area contributed by atoms with Crippen LogP contribution in [0.1, 0.15) is 52.4 Å². The number of nitrogens with two attached hydrogens (primary N) is 1. The van der Waals surface area contributed by atoms with Crippen LogP contribution in [0.3, 0.4) is 0 Å². The van der Waals surface area contributed by atoms with Crippen LogP contribution in [0.25, 0.3) is 0 Å². The van der Waals surface area contributed by atoms with Gasteiger partial charge in [-0.1, -0.05) is 39.0 Å². The Morgan fingerprint density at radius 1 is 1.00 bits per heavy atom. The van der Waals surface area contributed by atoms with E-state index >= 15 is 0 Å². The van der Waals surface area contributed by atoms with Crippen LogP contribution in [0.15, 0.2) is 0 Å². The van der Waals surface area contributed by atoms with Gasteiger partial charge < -0.3 is 5.11 Å². The monoisotopic (exact) mass is 239 g/mol. The maximum atomic E-state index is 10.5. The third kappa shape index (κ3) is 24.8. The molecule has 0 saturated carbocycles. The quantitative estimate of drug-likeness (QED) is 0.663. The van der Waals surface area contributed by atoms with Crippen LogP contribution in [-0.4, -0.2) is 25.9 Å². The van der Waals surface area contributed by atoms with Crippen LogP contribution in [0, 0.1) is 0 Å². The summed E-state index contributed by atoms with van der Waals surface area (Å²) in [6.45, 7) is 4.09. The number of primary sulfonamides is 1. The molecule has 0 atom stereocenters. The largest absolute Gasteiger partial charge is 0.397 e. The van der Waals surface area contributed by atoms with E-state index in [1.807, 2.05) is 0 Å². The Balaban J connectivity index is 0. The number of unbranched alkanes of at least 4 members (excludes halogenated alkanes) is 5. The minimum atomic E-state index is -3.22. The molecule has 0 spiro atoms. The smallest absolute Gasteiger partial charge is 0.209 e. The van der Waals surface area contributed by atoms with Crippen molar-refractivity contribution in [2.75, 3.05) is 12.4 Å². The summed E-state index contributed by atoms with van der Waals surface area (Å²) in [5.74, 6) is 0.138. The predicted octanol–water partition coefficient (Wildman–Crippen LogP) is 1.63. The highest BCUT2D eigenvalue weighted by Crippen LogP contribution is 2.05. The average Bonchev–Trinajstić information content (AvgIpc) is 2.11. The van der Waals surface area contributed by atoms with Gasteiger partial charge in [0.15, 0.2) is 0 Å². The molecule has 94 valence electrons. The molecule has 4 nitrogen and oxygen atoms in total. The summed E-state index contributed by atoms with van der Waals surface area (Å²) < 4.78 is 21.0. The molecule has 0 aromatic rings. The molecular weight excluding hydrogens is 214 g/mol. The molecule has 0 aromatic carbocycles. The molecule has 0 aliphatic heterocycles. The standard InChI is InChI=1S/C8H19NO2S.C2H6O/c1-2-3-4-5-6-7-8-12(9,10)11;1-2-3/h2-8H2,1H3,(H2,9,10,11);3H,2H2,1H3. The number of aliphatic hydroxyl groups excluding tert-OH is 1. The van der Waals surface area contributed by atoms with Gasteiger partial charge in [-0.15, -0.1) is 0 Å². The van der Waals surface area contributed by atoms with Crippen molar-refractivity contribution in [3.05, 3.63) is 0 Å². The first-order valence-electron chi connectivity index (χ1n) is 5.59. The van der Waals surface area contributed by atoms with E-state index in [1.54, 1.807) is 6.92 Å². The van der Waals surface area contributed by atoms with Gasteiger partial charge in [0.05, 0.1) is 5.75 Å². The fraction of sp³-hybridized carbons (Fsp3) is 1.00. The lowest BCUT2D eigenvalue weighted by molar-refractivity contribution is 0.318. The van der Waals surface area contributed by atoms with Crippen LogP contribution in [0.4, 0.5) is 0 Å². The van der Waals surface area contributed by atoms with E-state index in [4.69, 9.17) is 10.2 Å². The van der Waals surface area contributed by atoms with Crippen molar-refractivity contribution in [2.24, 2.45) is 5.14 Å². The van der Waals surface area contributed by atoms with Gasteiger partial charge in [-0.3, -0.25) is 0 Å². The molecule has 0 bridgehead atoms. The Kier molecular flexibility index (Phi) is 13.7. The summed E-state index contributed by atoms with van der Waals surface area (Å²) in [5.41, 5.74) is 0. The Morgan fingerprint density at radius 2 is 1.40 bits per heavy atom. The zero-order valence-electron chi connectivity index (χ0n) is 9.91. The molecule has 15 heavy (non-hydrogen) atoms. The second-order valence-electron chi connectivity index (χ2n) is 3.45. The van der Waals surface area contributed by atoms with Gasteiger partial charge in [-0.05, 0) is 13.3 Å². The zero-order valence-corrected chi connectivity index (χ0v) is 10.7. The highest BCUT2D eigenvalue weighted by molar-refractivity contribution is 7.89. The summed E-state index contributed by atoms with van der Waals surface area (Å²) >= 11 is 0. The number of hydrogen-bond acceptors (Lipinski definition) is 3. The molecule has 0 rings (SSSR count). The molecular formula is C10H25NO3S. The fourth-order valence-corrected chi connectivity index (χ4v) is 1.69. The van der Waals surface area contributed by atoms with Gasteiger partial charge >= 0.3 is 0 Å². The summed E-state index contributed by atoms with van der Waals surface area (Å²) in [7, 11) is -3.22. The number of hydrogen-bond donors (Lipinski definition) is 2. The summed E-state index contributed by atoms with van der Waals surface area (Å²) in [4.78, 5) is 0. The van der Waals surface area contributed by atoms with Crippen molar-refractivity contribution in [3.63, 3.8) is 0 Å². The molecule has 0 heterocycles. The Hall–Kier alpha value is -0.130. The van der Waals surface area contributed by atoms with E-state index in [2.05, 4.69) is 6.92 Å². The maximum absolute atomic E-state index is 10.5. The molecule has 0 saturated heterocycles. The zero-order chi connectivity index (χ0) is 12.2. The third-order valence-electron chi connectivity index (χ3n) is 1.78. The minimum absolute atomic E-state index is 0.138. The van der Waals surface area contributed by atoms with E-state index in [9.17, 15) is 8.42 Å². The normalized spacial score (nSPS) is 10.7. The lowest BCUT2D eigenvalue weighted by Crippen LogP contribution is -2.16. The van der Waals surface area contributed by atoms with Crippen molar-refractivity contribution in [1.82, 2.24) is 0 Å². The van der Waals surface area contributed by atoms with E-state index < -0.39 is 10.0 Å². The number of rotatable bonds is 7. The van der Waals surface area contributed by atoms with Crippen LogP contribution in [0.5, 0.6) is 0 Å². The topological polar surface area (TPSA) is 80.4 Å². The van der Waals surface area contributed by atoms with E-state index in [1.165, 1.54) is 19.3 Å². The average molecular weight is 239 g/mol. The van der Waals surface area contributed by atoms with Gasteiger partial charge in [-0.25, -0.2) is 13.6 Å². The van der Waals surface area contributed by atoms with Crippen molar-refractivity contribution in [1.29, 1.82) is 0 Å². The van der Waals surface area contributed by atoms with Gasteiger partial charge in [0.2, 0.25) is 10.0 Å². The second-order valence-corrected chi connectivity index (χ2v) is 5.18. The maximum Gasteiger partial charge on any atom is 0.209 e. The molecule has 0 aromatic heterocycles. The van der Waals surface area contributed by atoms with Crippen molar-refractivity contribution >= 4 is 10.0 Å². The van der Waals surface area contributed by atoms with E-state index in [0.29, 0.717) is 6.42 Å². The molecule has 0 fully saturated rings.